The summed E-state index contributed by atoms with van der Waals surface area (Å²) in [7, 11) is 0. The van der Waals surface area contributed by atoms with Crippen molar-refractivity contribution in [1.82, 2.24) is 0 Å². The maximum Gasteiger partial charge on any atom is 0.220 e. The number of nitrogens with two attached hydrogens (primary N) is 2. The first kappa shape index (κ1) is 15.2. The smallest absolute Gasteiger partial charge is 0.220 e. The summed E-state index contributed by atoms with van der Waals surface area (Å²) in [6, 6.07) is 8.34. The third kappa shape index (κ3) is 2.67. The lowest BCUT2D eigenvalue weighted by molar-refractivity contribution is 0.305. The van der Waals surface area contributed by atoms with Crippen molar-refractivity contribution in [2.45, 2.75) is 49.6 Å². The van der Waals surface area contributed by atoms with Crippen LogP contribution in [0, 0.1) is 0 Å². The van der Waals surface area contributed by atoms with Gasteiger partial charge < -0.3 is 11.5 Å². The molecule has 0 radical (unpaired) electrons. The van der Waals surface area contributed by atoms with Crippen LogP contribution in [0.25, 0.3) is 0 Å². The Hall–Kier alpha value is -1.69. The van der Waals surface area contributed by atoms with Crippen molar-refractivity contribution < 1.29 is 0 Å². The minimum absolute atomic E-state index is 0.302. The van der Waals surface area contributed by atoms with E-state index in [4.69, 9.17) is 16.5 Å². The molecule has 1 aliphatic heterocycles. The van der Waals surface area contributed by atoms with Crippen LogP contribution in [0.2, 0.25) is 0 Å². The molecule has 0 atom stereocenters. The number of nitrogens with zero attached hydrogens (tertiary/aromatic N) is 3. The highest BCUT2D eigenvalue weighted by atomic mass is 32.2. The molecular formula is C16H23N5S. The predicted octanol–water partition coefficient (Wildman–Crippen LogP) is 2.91. The summed E-state index contributed by atoms with van der Waals surface area (Å²) in [4.78, 5) is 12.3. The van der Waals surface area contributed by atoms with Crippen LogP contribution in [0.15, 0.2) is 39.1 Å². The van der Waals surface area contributed by atoms with Gasteiger partial charge in [0.1, 0.15) is 5.66 Å². The van der Waals surface area contributed by atoms with Gasteiger partial charge in [0.15, 0.2) is 0 Å². The summed E-state index contributed by atoms with van der Waals surface area (Å²) < 4.78 is 0. The van der Waals surface area contributed by atoms with Crippen LogP contribution >= 0.6 is 11.8 Å². The van der Waals surface area contributed by atoms with Crippen LogP contribution in [-0.2, 0) is 0 Å². The zero-order chi connectivity index (χ0) is 15.6. The van der Waals surface area contributed by atoms with E-state index < -0.39 is 0 Å². The molecule has 0 amide bonds. The van der Waals surface area contributed by atoms with Gasteiger partial charge in [-0.3, -0.25) is 4.90 Å². The molecule has 0 unspecified atom stereocenters. The van der Waals surface area contributed by atoms with Crippen LogP contribution in [-0.4, -0.2) is 23.3 Å². The summed E-state index contributed by atoms with van der Waals surface area (Å²) in [5, 5.41) is 0. The van der Waals surface area contributed by atoms with E-state index in [-0.39, 0.29) is 5.66 Å². The fourth-order valence-corrected chi connectivity index (χ4v) is 4.18. The molecule has 2 aliphatic rings. The molecule has 1 aromatic rings. The van der Waals surface area contributed by atoms with Crippen molar-refractivity contribution in [1.29, 1.82) is 0 Å². The molecule has 0 bridgehead atoms. The minimum atomic E-state index is -0.363. The molecule has 118 valence electrons. The second-order valence-corrected chi connectivity index (χ2v) is 7.03. The Kier molecular flexibility index (Phi) is 4.29. The summed E-state index contributed by atoms with van der Waals surface area (Å²) in [6.45, 7) is 2.15. The normalized spacial score (nSPS) is 20.7. The molecule has 0 saturated heterocycles. The van der Waals surface area contributed by atoms with Gasteiger partial charge in [-0.25, -0.2) is 4.99 Å². The largest absolute Gasteiger partial charge is 0.369 e. The van der Waals surface area contributed by atoms with Gasteiger partial charge in [0.2, 0.25) is 11.9 Å². The fourth-order valence-electron chi connectivity index (χ4n) is 3.39. The van der Waals surface area contributed by atoms with E-state index in [1.807, 2.05) is 17.8 Å². The van der Waals surface area contributed by atoms with Crippen molar-refractivity contribution in [2.75, 3.05) is 10.7 Å². The molecule has 1 saturated carbocycles. The Balaban J connectivity index is 2.08. The first-order valence-electron chi connectivity index (χ1n) is 7.88. The molecule has 5 nitrogen and oxygen atoms in total. The van der Waals surface area contributed by atoms with Gasteiger partial charge in [0.05, 0.1) is 5.69 Å². The van der Waals surface area contributed by atoms with E-state index in [2.05, 4.69) is 35.0 Å². The Bertz CT molecular complexity index is 604. The standard InChI is InChI=1S/C16H23N5S/c1-2-22-13-9-5-4-8-12(13)21-15(18)19-14(17)20-16(21)10-6-3-7-11-16/h4-5,8-9H,2-3,6-7,10-11H2,1H3,(H4,17,18,19,20). The summed E-state index contributed by atoms with van der Waals surface area (Å²) in [5.41, 5.74) is 12.9. The van der Waals surface area contributed by atoms with Crippen molar-refractivity contribution in [3.63, 3.8) is 0 Å². The zero-order valence-corrected chi connectivity index (χ0v) is 13.8. The van der Waals surface area contributed by atoms with Crippen molar-refractivity contribution in [2.24, 2.45) is 21.5 Å². The highest BCUT2D eigenvalue weighted by Gasteiger charge is 2.43. The number of guanidine groups is 2. The van der Waals surface area contributed by atoms with Gasteiger partial charge in [0, 0.05) is 4.90 Å². The lowest BCUT2D eigenvalue weighted by Gasteiger charge is -2.46. The summed E-state index contributed by atoms with van der Waals surface area (Å²) >= 11 is 1.81. The fraction of sp³-hybridized carbons (Fsp3) is 0.500. The predicted molar refractivity (Wildman–Crippen MR) is 94.4 cm³/mol. The average Bonchev–Trinajstić information content (AvgIpc) is 2.49. The van der Waals surface area contributed by atoms with Gasteiger partial charge in [-0.1, -0.05) is 25.5 Å². The number of aliphatic imine (C=N–C) groups is 2. The number of para-hydroxylation sites is 1. The molecule has 1 fully saturated rings. The second kappa shape index (κ2) is 6.20. The van der Waals surface area contributed by atoms with Crippen LogP contribution in [0.5, 0.6) is 0 Å². The van der Waals surface area contributed by atoms with E-state index in [0.717, 1.165) is 37.1 Å². The van der Waals surface area contributed by atoms with E-state index in [0.29, 0.717) is 11.9 Å². The van der Waals surface area contributed by atoms with Gasteiger partial charge in [-0.2, -0.15) is 4.99 Å². The SMILES string of the molecule is CCSc1ccccc1N1C(N)=NC(N)=NC12CCCCC2. The highest BCUT2D eigenvalue weighted by molar-refractivity contribution is 7.99. The van der Waals surface area contributed by atoms with Crippen molar-refractivity contribution in [3.8, 4) is 0 Å². The monoisotopic (exact) mass is 317 g/mol. The lowest BCUT2D eigenvalue weighted by Crippen LogP contribution is -2.58. The van der Waals surface area contributed by atoms with E-state index in [1.165, 1.54) is 11.3 Å². The first-order valence-corrected chi connectivity index (χ1v) is 8.86. The Morgan fingerprint density at radius 2 is 1.91 bits per heavy atom. The number of anilines is 1. The van der Waals surface area contributed by atoms with Gasteiger partial charge >= 0.3 is 0 Å². The molecule has 1 aliphatic carbocycles. The molecule has 1 spiro atoms. The molecule has 0 aromatic heterocycles. The van der Waals surface area contributed by atoms with Crippen molar-refractivity contribution in [3.05, 3.63) is 24.3 Å². The van der Waals surface area contributed by atoms with Crippen molar-refractivity contribution >= 4 is 29.4 Å². The number of hydrogen-bond donors (Lipinski definition) is 2. The van der Waals surface area contributed by atoms with E-state index in [9.17, 15) is 0 Å². The zero-order valence-electron chi connectivity index (χ0n) is 13.0. The highest BCUT2D eigenvalue weighted by Crippen LogP contribution is 2.42. The Morgan fingerprint density at radius 3 is 2.64 bits per heavy atom. The third-order valence-electron chi connectivity index (χ3n) is 4.26. The molecular weight excluding hydrogens is 294 g/mol. The minimum Gasteiger partial charge on any atom is -0.369 e. The van der Waals surface area contributed by atoms with Crippen LogP contribution in [0.1, 0.15) is 39.0 Å². The summed E-state index contributed by atoms with van der Waals surface area (Å²) in [6.07, 6.45) is 5.46. The third-order valence-corrected chi connectivity index (χ3v) is 5.20. The average molecular weight is 317 g/mol. The quantitative estimate of drug-likeness (QED) is 0.840. The first-order chi connectivity index (χ1) is 10.7. The maximum atomic E-state index is 6.28. The molecule has 3 rings (SSSR count). The lowest BCUT2D eigenvalue weighted by atomic mass is 9.87. The van der Waals surface area contributed by atoms with Gasteiger partial charge in [-0.05, 0) is 43.6 Å². The van der Waals surface area contributed by atoms with E-state index >= 15 is 0 Å². The number of rotatable bonds is 3. The Labute approximate surface area is 135 Å². The number of benzene rings is 1. The van der Waals surface area contributed by atoms with E-state index in [1.54, 1.807) is 0 Å². The molecule has 1 aromatic carbocycles. The van der Waals surface area contributed by atoms with Crippen LogP contribution < -0.4 is 16.4 Å². The second-order valence-electron chi connectivity index (χ2n) is 5.72. The van der Waals surface area contributed by atoms with Crippen LogP contribution in [0.3, 0.4) is 0 Å². The summed E-state index contributed by atoms with van der Waals surface area (Å²) in [5.74, 6) is 1.77. The molecule has 1 heterocycles. The van der Waals surface area contributed by atoms with Crippen LogP contribution in [0.4, 0.5) is 5.69 Å². The topological polar surface area (TPSA) is 80.0 Å². The maximum absolute atomic E-state index is 6.28. The molecule has 6 heteroatoms. The molecule has 22 heavy (non-hydrogen) atoms. The number of hydrogen-bond acceptors (Lipinski definition) is 6. The Morgan fingerprint density at radius 1 is 1.18 bits per heavy atom. The van der Waals surface area contributed by atoms with Gasteiger partial charge in [0.25, 0.3) is 0 Å². The van der Waals surface area contributed by atoms with Gasteiger partial charge in [-0.15, -0.1) is 11.8 Å². The molecule has 4 N–H and O–H groups in total. The number of thioether (sulfide) groups is 1.